The molecule has 0 aliphatic carbocycles. The Morgan fingerprint density at radius 2 is 2.23 bits per heavy atom. The number of nitro groups is 1. The van der Waals surface area contributed by atoms with Gasteiger partial charge in [0.05, 0.1) is 10.5 Å². The predicted molar refractivity (Wildman–Crippen MR) is 56.7 cm³/mol. The van der Waals surface area contributed by atoms with Gasteiger partial charge in [-0.3, -0.25) is 10.1 Å². The lowest BCUT2D eigenvalue weighted by Gasteiger charge is -2.00. The maximum atomic E-state index is 10.5. The molecular weight excluding hydrogens is 256 g/mol. The Bertz CT molecular complexity index is 381. The fourth-order valence-electron chi connectivity index (χ4n) is 0.864. The number of hydrogen-bond acceptors (Lipinski definition) is 3. The van der Waals surface area contributed by atoms with Crippen molar-refractivity contribution in [1.82, 2.24) is 0 Å². The third-order valence-electron chi connectivity index (χ3n) is 1.42. The van der Waals surface area contributed by atoms with Gasteiger partial charge in [-0.15, -0.1) is 0 Å². The SMILES string of the molecule is NC(=S)c1ccc(Br)cc1[N+](=O)[O-]. The molecule has 0 spiro atoms. The highest BCUT2D eigenvalue weighted by Gasteiger charge is 2.15. The Kier molecular flexibility index (Phi) is 2.94. The zero-order chi connectivity index (χ0) is 10.0. The van der Waals surface area contributed by atoms with Gasteiger partial charge in [-0.2, -0.15) is 0 Å². The van der Waals surface area contributed by atoms with Gasteiger partial charge in [-0.25, -0.2) is 0 Å². The van der Waals surface area contributed by atoms with E-state index in [0.29, 0.717) is 4.47 Å². The van der Waals surface area contributed by atoms with Crippen LogP contribution >= 0.6 is 28.1 Å². The summed E-state index contributed by atoms with van der Waals surface area (Å²) in [5.41, 5.74) is 5.51. The molecule has 68 valence electrons. The number of hydrogen-bond donors (Lipinski definition) is 1. The molecule has 1 aromatic carbocycles. The Morgan fingerprint density at radius 1 is 1.62 bits per heavy atom. The average Bonchev–Trinajstić information content (AvgIpc) is 2.03. The van der Waals surface area contributed by atoms with Crippen molar-refractivity contribution in [3.63, 3.8) is 0 Å². The molecule has 0 aliphatic rings. The fourth-order valence-corrected chi connectivity index (χ4v) is 1.39. The summed E-state index contributed by atoms with van der Waals surface area (Å²) in [6.45, 7) is 0. The summed E-state index contributed by atoms with van der Waals surface area (Å²) in [7, 11) is 0. The number of nitrogens with zero attached hydrogens (tertiary/aromatic N) is 1. The van der Waals surface area contributed by atoms with Crippen LogP contribution < -0.4 is 5.73 Å². The minimum absolute atomic E-state index is 0.0270. The van der Waals surface area contributed by atoms with E-state index in [0.717, 1.165) is 0 Å². The molecular formula is C7H5BrN2O2S. The van der Waals surface area contributed by atoms with Crippen molar-refractivity contribution < 1.29 is 4.92 Å². The molecule has 0 bridgehead atoms. The van der Waals surface area contributed by atoms with Crippen molar-refractivity contribution in [2.75, 3.05) is 0 Å². The summed E-state index contributed by atoms with van der Waals surface area (Å²) in [5.74, 6) is 0. The van der Waals surface area contributed by atoms with Crippen LogP contribution in [0.15, 0.2) is 22.7 Å². The van der Waals surface area contributed by atoms with E-state index >= 15 is 0 Å². The van der Waals surface area contributed by atoms with E-state index in [4.69, 9.17) is 5.73 Å². The largest absolute Gasteiger partial charge is 0.389 e. The number of nitrogens with two attached hydrogens (primary N) is 1. The van der Waals surface area contributed by atoms with Crippen LogP contribution in [0.2, 0.25) is 0 Å². The molecule has 0 unspecified atom stereocenters. The first-order chi connectivity index (χ1) is 6.02. The van der Waals surface area contributed by atoms with Gasteiger partial charge in [-0.1, -0.05) is 28.1 Å². The second kappa shape index (κ2) is 3.80. The normalized spacial score (nSPS) is 9.62. The lowest BCUT2D eigenvalue weighted by Crippen LogP contribution is -2.11. The van der Waals surface area contributed by atoms with Crippen molar-refractivity contribution >= 4 is 38.8 Å². The minimum Gasteiger partial charge on any atom is -0.389 e. The minimum atomic E-state index is -0.515. The molecule has 13 heavy (non-hydrogen) atoms. The third-order valence-corrected chi connectivity index (χ3v) is 2.14. The molecule has 0 heterocycles. The van der Waals surface area contributed by atoms with E-state index in [9.17, 15) is 10.1 Å². The standard InChI is InChI=1S/C7H5BrN2O2S/c8-4-1-2-5(7(9)13)6(3-4)10(11)12/h1-3H,(H2,9,13). The second-order valence-corrected chi connectivity index (χ2v) is 3.64. The first-order valence-corrected chi connectivity index (χ1v) is 4.46. The van der Waals surface area contributed by atoms with Crippen LogP contribution in [0.25, 0.3) is 0 Å². The zero-order valence-corrected chi connectivity index (χ0v) is 8.76. The summed E-state index contributed by atoms with van der Waals surface area (Å²) in [4.78, 5) is 10.1. The van der Waals surface area contributed by atoms with Crippen LogP contribution in [0.1, 0.15) is 5.56 Å². The lowest BCUT2D eigenvalue weighted by atomic mass is 10.2. The molecule has 1 aromatic rings. The van der Waals surface area contributed by atoms with Gasteiger partial charge in [0, 0.05) is 10.5 Å². The monoisotopic (exact) mass is 260 g/mol. The molecule has 0 aromatic heterocycles. The Morgan fingerprint density at radius 3 is 2.69 bits per heavy atom. The van der Waals surface area contributed by atoms with E-state index in [1.165, 1.54) is 12.1 Å². The molecule has 2 N–H and O–H groups in total. The Labute approximate surface area is 88.0 Å². The number of thiocarbonyl (C=S) groups is 1. The van der Waals surface area contributed by atoms with E-state index < -0.39 is 4.92 Å². The Balaban J connectivity index is 3.35. The molecule has 0 aliphatic heterocycles. The van der Waals surface area contributed by atoms with Gasteiger partial charge in [0.1, 0.15) is 4.99 Å². The van der Waals surface area contributed by atoms with Crippen LogP contribution in [-0.4, -0.2) is 9.91 Å². The van der Waals surface area contributed by atoms with Crippen LogP contribution in [0.3, 0.4) is 0 Å². The van der Waals surface area contributed by atoms with Gasteiger partial charge in [0.25, 0.3) is 5.69 Å². The second-order valence-electron chi connectivity index (χ2n) is 2.28. The molecule has 0 saturated carbocycles. The number of rotatable bonds is 2. The smallest absolute Gasteiger partial charge is 0.280 e. The fraction of sp³-hybridized carbons (Fsp3) is 0. The first kappa shape index (κ1) is 10.1. The zero-order valence-electron chi connectivity index (χ0n) is 6.36. The first-order valence-electron chi connectivity index (χ1n) is 3.26. The lowest BCUT2D eigenvalue weighted by molar-refractivity contribution is -0.385. The number of nitro benzene ring substituents is 1. The topological polar surface area (TPSA) is 69.2 Å². The maximum absolute atomic E-state index is 10.5. The van der Waals surface area contributed by atoms with E-state index in [2.05, 4.69) is 28.1 Å². The summed E-state index contributed by atoms with van der Waals surface area (Å²) in [6, 6.07) is 4.54. The third kappa shape index (κ3) is 2.22. The molecule has 0 radical (unpaired) electrons. The van der Waals surface area contributed by atoms with E-state index in [1.807, 2.05) is 0 Å². The van der Waals surface area contributed by atoms with Crippen LogP contribution in [0.4, 0.5) is 5.69 Å². The van der Waals surface area contributed by atoms with Crippen LogP contribution in [0.5, 0.6) is 0 Å². The summed E-state index contributed by atoms with van der Waals surface area (Å²) < 4.78 is 0.624. The summed E-state index contributed by atoms with van der Waals surface area (Å²) in [5, 5.41) is 10.5. The van der Waals surface area contributed by atoms with Gasteiger partial charge < -0.3 is 5.73 Å². The van der Waals surface area contributed by atoms with Gasteiger partial charge in [0.2, 0.25) is 0 Å². The highest BCUT2D eigenvalue weighted by molar-refractivity contribution is 9.10. The van der Waals surface area contributed by atoms with Crippen LogP contribution in [0, 0.1) is 10.1 Å². The van der Waals surface area contributed by atoms with Crippen LogP contribution in [-0.2, 0) is 0 Å². The van der Waals surface area contributed by atoms with Crippen molar-refractivity contribution in [3.05, 3.63) is 38.3 Å². The summed E-state index contributed by atoms with van der Waals surface area (Å²) in [6.07, 6.45) is 0. The number of halogens is 1. The summed E-state index contributed by atoms with van der Waals surface area (Å²) >= 11 is 7.80. The molecule has 4 nitrogen and oxygen atoms in total. The maximum Gasteiger partial charge on any atom is 0.280 e. The average molecular weight is 261 g/mol. The van der Waals surface area contributed by atoms with Gasteiger partial charge in [0.15, 0.2) is 0 Å². The van der Waals surface area contributed by atoms with Crippen molar-refractivity contribution in [2.45, 2.75) is 0 Å². The highest BCUT2D eigenvalue weighted by atomic mass is 79.9. The highest BCUT2D eigenvalue weighted by Crippen LogP contribution is 2.23. The molecule has 6 heteroatoms. The number of benzene rings is 1. The van der Waals surface area contributed by atoms with E-state index in [1.54, 1.807) is 6.07 Å². The van der Waals surface area contributed by atoms with Gasteiger partial charge >= 0.3 is 0 Å². The Hall–Kier alpha value is -1.01. The quantitative estimate of drug-likeness (QED) is 0.502. The predicted octanol–water partition coefficient (Wildman–Crippen LogP) is 1.99. The van der Waals surface area contributed by atoms with Crippen molar-refractivity contribution in [2.24, 2.45) is 5.73 Å². The molecule has 0 saturated heterocycles. The molecule has 0 atom stereocenters. The molecule has 0 fully saturated rings. The van der Waals surface area contributed by atoms with E-state index in [-0.39, 0.29) is 16.2 Å². The molecule has 0 amide bonds. The van der Waals surface area contributed by atoms with Crippen molar-refractivity contribution in [1.29, 1.82) is 0 Å². The molecule has 1 rings (SSSR count). The van der Waals surface area contributed by atoms with Gasteiger partial charge in [-0.05, 0) is 12.1 Å². The van der Waals surface area contributed by atoms with Crippen molar-refractivity contribution in [3.8, 4) is 0 Å².